The van der Waals surface area contributed by atoms with E-state index < -0.39 is 0 Å². The molecule has 1 N–H and O–H groups in total. The highest BCUT2D eigenvalue weighted by Gasteiger charge is 2.16. The SMILES string of the molecule is C[C@H]1CCCN(Cc2ccc(C(=O)Nc3cccc(Cl)c3)cc2)C1. The molecule has 1 aliphatic rings. The zero-order valence-electron chi connectivity index (χ0n) is 14.0. The minimum Gasteiger partial charge on any atom is -0.322 e. The van der Waals surface area contributed by atoms with E-state index in [1.54, 1.807) is 12.1 Å². The van der Waals surface area contributed by atoms with Gasteiger partial charge in [-0.25, -0.2) is 0 Å². The van der Waals surface area contributed by atoms with Crippen LogP contribution >= 0.6 is 11.6 Å². The summed E-state index contributed by atoms with van der Waals surface area (Å²) in [5, 5.41) is 3.48. The monoisotopic (exact) mass is 342 g/mol. The summed E-state index contributed by atoms with van der Waals surface area (Å²) in [6, 6.07) is 15.1. The highest BCUT2D eigenvalue weighted by Crippen LogP contribution is 2.19. The Bertz CT molecular complexity index is 699. The summed E-state index contributed by atoms with van der Waals surface area (Å²) in [5.41, 5.74) is 2.62. The number of benzene rings is 2. The molecule has 2 aromatic carbocycles. The van der Waals surface area contributed by atoms with E-state index in [4.69, 9.17) is 11.6 Å². The second kappa shape index (κ2) is 7.82. The van der Waals surface area contributed by atoms with Crippen LogP contribution in [-0.2, 0) is 6.54 Å². The van der Waals surface area contributed by atoms with Crippen molar-refractivity contribution in [2.24, 2.45) is 5.92 Å². The number of halogens is 1. The van der Waals surface area contributed by atoms with Crippen LogP contribution in [0.25, 0.3) is 0 Å². The van der Waals surface area contributed by atoms with Crippen LogP contribution in [0, 0.1) is 5.92 Å². The molecule has 2 aromatic rings. The summed E-state index contributed by atoms with van der Waals surface area (Å²) in [6.07, 6.45) is 2.61. The lowest BCUT2D eigenvalue weighted by molar-refractivity contribution is 0.102. The minimum absolute atomic E-state index is 0.115. The molecule has 1 aliphatic heterocycles. The third-order valence-electron chi connectivity index (χ3n) is 4.45. The molecule has 1 amide bonds. The Morgan fingerprint density at radius 3 is 2.75 bits per heavy atom. The van der Waals surface area contributed by atoms with Crippen molar-refractivity contribution in [1.82, 2.24) is 4.90 Å². The molecule has 0 radical (unpaired) electrons. The van der Waals surface area contributed by atoms with Gasteiger partial charge >= 0.3 is 0 Å². The number of carbonyl (C=O) groups excluding carboxylic acids is 1. The zero-order chi connectivity index (χ0) is 16.9. The van der Waals surface area contributed by atoms with Gasteiger partial charge < -0.3 is 5.32 Å². The summed E-state index contributed by atoms with van der Waals surface area (Å²) >= 11 is 5.94. The quantitative estimate of drug-likeness (QED) is 0.863. The van der Waals surface area contributed by atoms with Crippen LogP contribution < -0.4 is 5.32 Å². The fraction of sp³-hybridized carbons (Fsp3) is 0.350. The number of hydrogen-bond donors (Lipinski definition) is 1. The number of piperidine rings is 1. The highest BCUT2D eigenvalue weighted by atomic mass is 35.5. The average molecular weight is 343 g/mol. The van der Waals surface area contributed by atoms with E-state index in [1.807, 2.05) is 36.4 Å². The fourth-order valence-electron chi connectivity index (χ4n) is 3.22. The van der Waals surface area contributed by atoms with Crippen LogP contribution in [0.2, 0.25) is 5.02 Å². The van der Waals surface area contributed by atoms with E-state index >= 15 is 0 Å². The van der Waals surface area contributed by atoms with Gasteiger partial charge in [0.25, 0.3) is 5.91 Å². The van der Waals surface area contributed by atoms with Gasteiger partial charge in [0.05, 0.1) is 0 Å². The Kier molecular flexibility index (Phi) is 5.54. The van der Waals surface area contributed by atoms with Crippen molar-refractivity contribution < 1.29 is 4.79 Å². The molecule has 3 rings (SSSR count). The molecule has 3 nitrogen and oxygen atoms in total. The summed E-state index contributed by atoms with van der Waals surface area (Å²) in [4.78, 5) is 14.8. The molecule has 0 aromatic heterocycles. The lowest BCUT2D eigenvalue weighted by atomic mass is 9.99. The van der Waals surface area contributed by atoms with Crippen molar-refractivity contribution in [2.75, 3.05) is 18.4 Å². The highest BCUT2D eigenvalue weighted by molar-refractivity contribution is 6.30. The molecule has 0 bridgehead atoms. The molecule has 24 heavy (non-hydrogen) atoms. The van der Waals surface area contributed by atoms with Gasteiger partial charge in [-0.3, -0.25) is 9.69 Å². The van der Waals surface area contributed by atoms with Crippen molar-refractivity contribution in [3.63, 3.8) is 0 Å². The van der Waals surface area contributed by atoms with E-state index in [1.165, 1.54) is 24.9 Å². The molecule has 0 saturated carbocycles. The predicted molar refractivity (Wildman–Crippen MR) is 99.5 cm³/mol. The smallest absolute Gasteiger partial charge is 0.255 e. The maximum Gasteiger partial charge on any atom is 0.255 e. The van der Waals surface area contributed by atoms with Crippen molar-refractivity contribution in [3.05, 3.63) is 64.7 Å². The minimum atomic E-state index is -0.115. The average Bonchev–Trinajstić information content (AvgIpc) is 2.55. The van der Waals surface area contributed by atoms with Crippen LogP contribution in [0.3, 0.4) is 0 Å². The number of rotatable bonds is 4. The number of hydrogen-bond acceptors (Lipinski definition) is 2. The van der Waals surface area contributed by atoms with Crippen LogP contribution in [0.15, 0.2) is 48.5 Å². The maximum atomic E-state index is 12.3. The van der Waals surface area contributed by atoms with E-state index in [0.29, 0.717) is 16.3 Å². The van der Waals surface area contributed by atoms with Crippen LogP contribution in [0.4, 0.5) is 5.69 Å². The molecule has 1 atom stereocenters. The first kappa shape index (κ1) is 17.0. The standard InChI is InChI=1S/C20H23ClN2O/c1-15-4-3-11-23(13-15)14-16-7-9-17(10-8-16)20(24)22-19-6-2-5-18(21)12-19/h2,5-10,12,15H,3-4,11,13-14H2,1H3,(H,22,24)/t15-/m0/s1. The van der Waals surface area contributed by atoms with Gasteiger partial charge in [-0.05, 0) is 61.2 Å². The van der Waals surface area contributed by atoms with Crippen molar-refractivity contribution in [2.45, 2.75) is 26.3 Å². The Hall–Kier alpha value is -1.84. The summed E-state index contributed by atoms with van der Waals surface area (Å²) in [5.74, 6) is 0.664. The molecule has 0 spiro atoms. The first-order valence-corrected chi connectivity index (χ1v) is 8.86. The van der Waals surface area contributed by atoms with Gasteiger partial charge in [0.15, 0.2) is 0 Å². The van der Waals surface area contributed by atoms with Crippen molar-refractivity contribution >= 4 is 23.2 Å². The predicted octanol–water partition coefficient (Wildman–Crippen LogP) is 4.82. The Balaban J connectivity index is 1.60. The van der Waals surface area contributed by atoms with Gasteiger partial charge in [-0.1, -0.05) is 36.7 Å². The lowest BCUT2D eigenvalue weighted by Crippen LogP contribution is -2.33. The molecule has 0 unspecified atom stereocenters. The second-order valence-electron chi connectivity index (χ2n) is 6.64. The number of likely N-dealkylation sites (tertiary alicyclic amines) is 1. The fourth-order valence-corrected chi connectivity index (χ4v) is 3.41. The molecule has 126 valence electrons. The molecular formula is C20H23ClN2O. The topological polar surface area (TPSA) is 32.3 Å². The van der Waals surface area contributed by atoms with Gasteiger partial charge in [-0.15, -0.1) is 0 Å². The van der Waals surface area contributed by atoms with Gasteiger partial charge in [0, 0.05) is 29.4 Å². The largest absolute Gasteiger partial charge is 0.322 e. The van der Waals surface area contributed by atoms with Crippen molar-refractivity contribution in [1.29, 1.82) is 0 Å². The summed E-state index contributed by atoms with van der Waals surface area (Å²) in [7, 11) is 0. The molecular weight excluding hydrogens is 320 g/mol. The molecule has 1 saturated heterocycles. The van der Waals surface area contributed by atoms with Crippen LogP contribution in [-0.4, -0.2) is 23.9 Å². The van der Waals surface area contributed by atoms with E-state index in [-0.39, 0.29) is 5.91 Å². The van der Waals surface area contributed by atoms with E-state index in [9.17, 15) is 4.79 Å². The Labute approximate surface area is 148 Å². The van der Waals surface area contributed by atoms with Crippen molar-refractivity contribution in [3.8, 4) is 0 Å². The third-order valence-corrected chi connectivity index (χ3v) is 4.68. The van der Waals surface area contributed by atoms with Crippen LogP contribution in [0.1, 0.15) is 35.7 Å². The number of carbonyl (C=O) groups is 1. The maximum absolute atomic E-state index is 12.3. The normalized spacial score (nSPS) is 18.3. The first-order chi connectivity index (χ1) is 11.6. The van der Waals surface area contributed by atoms with E-state index in [2.05, 4.69) is 17.1 Å². The molecule has 0 aliphatic carbocycles. The summed E-state index contributed by atoms with van der Waals surface area (Å²) < 4.78 is 0. The van der Waals surface area contributed by atoms with E-state index in [0.717, 1.165) is 19.0 Å². The Morgan fingerprint density at radius 2 is 2.04 bits per heavy atom. The first-order valence-electron chi connectivity index (χ1n) is 8.48. The van der Waals surface area contributed by atoms with Crippen LogP contribution in [0.5, 0.6) is 0 Å². The summed E-state index contributed by atoms with van der Waals surface area (Å²) in [6.45, 7) is 5.61. The lowest BCUT2D eigenvalue weighted by Gasteiger charge is -2.30. The number of nitrogens with one attached hydrogen (secondary N) is 1. The molecule has 1 fully saturated rings. The zero-order valence-corrected chi connectivity index (χ0v) is 14.7. The van der Waals surface area contributed by atoms with Gasteiger partial charge in [0.1, 0.15) is 0 Å². The third kappa shape index (κ3) is 4.59. The number of anilines is 1. The van der Waals surface area contributed by atoms with Gasteiger partial charge in [0.2, 0.25) is 0 Å². The number of amides is 1. The Morgan fingerprint density at radius 1 is 1.25 bits per heavy atom. The number of nitrogens with zero attached hydrogens (tertiary/aromatic N) is 1. The molecule has 4 heteroatoms. The second-order valence-corrected chi connectivity index (χ2v) is 7.08. The molecule has 1 heterocycles. The van der Waals surface area contributed by atoms with Gasteiger partial charge in [-0.2, -0.15) is 0 Å².